The van der Waals surface area contributed by atoms with Crippen LogP contribution in [0.1, 0.15) is 59.1 Å². The number of carbonyl (C=O) groups is 1. The minimum Gasteiger partial charge on any atom is -0.381 e. The molecule has 2 aliphatic rings. The number of amides is 1. The standard InChI is InChI=1S/C24H28N4O2/c1-17-5-2-3-7-21(17)18-6-4-10-27(15-18)24(29)19-13-22-23(25-14-19)28(16-26-22)20-8-11-30-12-9-20/h2-3,5,7,13-14,16,18,20H,4,6,8-12,15H2,1H3. The van der Waals surface area contributed by atoms with Crippen molar-refractivity contribution in [2.45, 2.75) is 44.6 Å². The molecule has 3 aromatic rings. The predicted octanol–water partition coefficient (Wildman–Crippen LogP) is 4.11. The van der Waals surface area contributed by atoms with E-state index in [-0.39, 0.29) is 5.91 Å². The van der Waals surface area contributed by atoms with Gasteiger partial charge in [-0.15, -0.1) is 0 Å². The van der Waals surface area contributed by atoms with Gasteiger partial charge in [0.2, 0.25) is 0 Å². The van der Waals surface area contributed by atoms with Crippen LogP contribution in [0, 0.1) is 6.92 Å². The first-order valence-corrected chi connectivity index (χ1v) is 11.0. The maximum Gasteiger partial charge on any atom is 0.255 e. The van der Waals surface area contributed by atoms with Crippen molar-refractivity contribution in [1.82, 2.24) is 19.4 Å². The summed E-state index contributed by atoms with van der Waals surface area (Å²) in [7, 11) is 0. The zero-order valence-electron chi connectivity index (χ0n) is 17.5. The van der Waals surface area contributed by atoms with E-state index in [9.17, 15) is 4.79 Å². The van der Waals surface area contributed by atoms with Crippen LogP contribution in [0.3, 0.4) is 0 Å². The molecule has 6 nitrogen and oxygen atoms in total. The van der Waals surface area contributed by atoms with Crippen LogP contribution in [0.15, 0.2) is 42.9 Å². The van der Waals surface area contributed by atoms with Crippen molar-refractivity contribution in [2.24, 2.45) is 0 Å². The zero-order valence-corrected chi connectivity index (χ0v) is 17.5. The lowest BCUT2D eigenvalue weighted by molar-refractivity contribution is 0.0704. The first-order chi connectivity index (χ1) is 14.7. The van der Waals surface area contributed by atoms with Crippen LogP contribution >= 0.6 is 0 Å². The van der Waals surface area contributed by atoms with Gasteiger partial charge in [-0.2, -0.15) is 0 Å². The molecule has 1 aromatic carbocycles. The zero-order chi connectivity index (χ0) is 20.5. The number of carbonyl (C=O) groups excluding carboxylic acids is 1. The van der Waals surface area contributed by atoms with Crippen molar-refractivity contribution in [3.8, 4) is 0 Å². The monoisotopic (exact) mass is 404 g/mol. The molecule has 1 unspecified atom stereocenters. The lowest BCUT2D eigenvalue weighted by atomic mass is 9.88. The lowest BCUT2D eigenvalue weighted by Gasteiger charge is -2.33. The van der Waals surface area contributed by atoms with Crippen LogP contribution in [-0.2, 0) is 4.74 Å². The second-order valence-corrected chi connectivity index (χ2v) is 8.51. The summed E-state index contributed by atoms with van der Waals surface area (Å²) in [5.41, 5.74) is 4.94. The van der Waals surface area contributed by atoms with Gasteiger partial charge in [0.05, 0.1) is 11.9 Å². The highest BCUT2D eigenvalue weighted by Gasteiger charge is 2.27. The van der Waals surface area contributed by atoms with Gasteiger partial charge in [-0.25, -0.2) is 9.97 Å². The third-order valence-corrected chi connectivity index (χ3v) is 6.58. The molecule has 156 valence electrons. The number of hydrogen-bond donors (Lipinski definition) is 0. The molecule has 0 aliphatic carbocycles. The molecule has 1 amide bonds. The molecule has 6 heteroatoms. The van der Waals surface area contributed by atoms with E-state index in [0.717, 1.165) is 63.2 Å². The fraction of sp³-hybridized carbons (Fsp3) is 0.458. The van der Waals surface area contributed by atoms with Gasteiger partial charge in [-0.3, -0.25) is 4.79 Å². The average molecular weight is 405 g/mol. The molecule has 2 saturated heterocycles. The summed E-state index contributed by atoms with van der Waals surface area (Å²) in [6.07, 6.45) is 7.68. The Labute approximate surface area is 176 Å². The van der Waals surface area contributed by atoms with Gasteiger partial charge in [0.1, 0.15) is 5.52 Å². The van der Waals surface area contributed by atoms with Gasteiger partial charge in [-0.1, -0.05) is 24.3 Å². The number of imidazole rings is 1. The molecular weight excluding hydrogens is 376 g/mol. The number of pyridine rings is 1. The largest absolute Gasteiger partial charge is 0.381 e. The smallest absolute Gasteiger partial charge is 0.255 e. The summed E-state index contributed by atoms with van der Waals surface area (Å²) >= 11 is 0. The molecule has 1 atom stereocenters. The van der Waals surface area contributed by atoms with Crippen molar-refractivity contribution in [2.75, 3.05) is 26.3 Å². The quantitative estimate of drug-likeness (QED) is 0.659. The van der Waals surface area contributed by atoms with Gasteiger partial charge in [0, 0.05) is 44.5 Å². The van der Waals surface area contributed by atoms with E-state index in [4.69, 9.17) is 4.74 Å². The Hall–Kier alpha value is -2.73. The second-order valence-electron chi connectivity index (χ2n) is 8.51. The minimum absolute atomic E-state index is 0.0586. The summed E-state index contributed by atoms with van der Waals surface area (Å²) in [5, 5.41) is 0. The fourth-order valence-electron chi connectivity index (χ4n) is 4.91. The molecule has 2 fully saturated rings. The highest BCUT2D eigenvalue weighted by Crippen LogP contribution is 2.30. The molecule has 2 aromatic heterocycles. The minimum atomic E-state index is 0.0586. The number of nitrogens with zero attached hydrogens (tertiary/aromatic N) is 4. The number of rotatable bonds is 3. The SMILES string of the molecule is Cc1ccccc1C1CCCN(C(=O)c2cnc3c(c2)ncn3C2CCOCC2)C1. The third kappa shape index (κ3) is 3.60. The predicted molar refractivity (Wildman–Crippen MR) is 116 cm³/mol. The summed E-state index contributed by atoms with van der Waals surface area (Å²) in [4.78, 5) is 24.4. The molecule has 0 bridgehead atoms. The van der Waals surface area contributed by atoms with Gasteiger partial charge in [-0.05, 0) is 49.8 Å². The molecular formula is C24H28N4O2. The number of hydrogen-bond acceptors (Lipinski definition) is 4. The average Bonchev–Trinajstić information content (AvgIpc) is 3.23. The Morgan fingerprint density at radius 2 is 1.97 bits per heavy atom. The number of piperidine rings is 1. The summed E-state index contributed by atoms with van der Waals surface area (Å²) in [6, 6.07) is 10.8. The number of fused-ring (bicyclic) bond motifs is 1. The summed E-state index contributed by atoms with van der Waals surface area (Å²) < 4.78 is 7.61. The van der Waals surface area contributed by atoms with E-state index in [1.165, 1.54) is 11.1 Å². The van der Waals surface area contributed by atoms with Crippen LogP contribution in [0.5, 0.6) is 0 Å². The lowest BCUT2D eigenvalue weighted by Crippen LogP contribution is -2.39. The van der Waals surface area contributed by atoms with Crippen LogP contribution < -0.4 is 0 Å². The van der Waals surface area contributed by atoms with E-state index >= 15 is 0 Å². The van der Waals surface area contributed by atoms with E-state index in [1.54, 1.807) is 6.20 Å². The first-order valence-electron chi connectivity index (χ1n) is 11.0. The first kappa shape index (κ1) is 19.2. The molecule has 0 saturated carbocycles. The maximum absolute atomic E-state index is 13.2. The van der Waals surface area contributed by atoms with Crippen molar-refractivity contribution in [3.05, 3.63) is 59.5 Å². The number of aromatic nitrogens is 3. The van der Waals surface area contributed by atoms with Gasteiger partial charge in [0.25, 0.3) is 5.91 Å². The maximum atomic E-state index is 13.2. The summed E-state index contributed by atoms with van der Waals surface area (Å²) in [6.45, 7) is 5.27. The number of aryl methyl sites for hydroxylation is 1. The second kappa shape index (κ2) is 8.19. The van der Waals surface area contributed by atoms with Crippen molar-refractivity contribution < 1.29 is 9.53 Å². The highest BCUT2D eigenvalue weighted by molar-refractivity contribution is 5.96. The topological polar surface area (TPSA) is 60.2 Å². The third-order valence-electron chi connectivity index (χ3n) is 6.58. The molecule has 2 aliphatic heterocycles. The van der Waals surface area contributed by atoms with Crippen molar-refractivity contribution in [1.29, 1.82) is 0 Å². The van der Waals surface area contributed by atoms with Gasteiger partial charge < -0.3 is 14.2 Å². The Kier molecular flexibility index (Phi) is 5.25. The normalized spacial score (nSPS) is 20.6. The number of likely N-dealkylation sites (tertiary alicyclic amines) is 1. The van der Waals surface area contributed by atoms with Crippen LogP contribution in [0.4, 0.5) is 0 Å². The Morgan fingerprint density at radius 1 is 1.13 bits per heavy atom. The molecule has 0 spiro atoms. The highest BCUT2D eigenvalue weighted by atomic mass is 16.5. The number of benzene rings is 1. The number of ether oxygens (including phenoxy) is 1. The molecule has 30 heavy (non-hydrogen) atoms. The van der Waals surface area contributed by atoms with Crippen molar-refractivity contribution >= 4 is 17.1 Å². The van der Waals surface area contributed by atoms with Crippen LogP contribution in [0.25, 0.3) is 11.2 Å². The Balaban J connectivity index is 1.36. The van der Waals surface area contributed by atoms with Gasteiger partial charge >= 0.3 is 0 Å². The fourth-order valence-corrected chi connectivity index (χ4v) is 4.91. The molecule has 5 rings (SSSR count). The summed E-state index contributed by atoms with van der Waals surface area (Å²) in [5.74, 6) is 0.455. The van der Waals surface area contributed by atoms with E-state index < -0.39 is 0 Å². The molecule has 0 radical (unpaired) electrons. The van der Waals surface area contributed by atoms with Crippen LogP contribution in [0.2, 0.25) is 0 Å². The van der Waals surface area contributed by atoms with Crippen LogP contribution in [-0.4, -0.2) is 51.6 Å². The molecule has 4 heterocycles. The van der Waals surface area contributed by atoms with E-state index in [0.29, 0.717) is 17.5 Å². The van der Waals surface area contributed by atoms with E-state index in [1.807, 2.05) is 17.3 Å². The van der Waals surface area contributed by atoms with Crippen molar-refractivity contribution in [3.63, 3.8) is 0 Å². The Bertz CT molecular complexity index is 1050. The van der Waals surface area contributed by atoms with E-state index in [2.05, 4.69) is 45.7 Å². The Morgan fingerprint density at radius 3 is 2.80 bits per heavy atom. The van der Waals surface area contributed by atoms with Gasteiger partial charge in [0.15, 0.2) is 5.65 Å². The molecule has 0 N–H and O–H groups in total.